The second-order valence-corrected chi connectivity index (χ2v) is 12.2. The van der Waals surface area contributed by atoms with Crippen LogP contribution in [0.5, 0.6) is 46.0 Å². The molecule has 5 rings (SSSR count). The molecule has 0 spiro atoms. The molecule has 0 saturated carbocycles. The average Bonchev–Trinajstić information content (AvgIpc) is 3.15. The largest absolute Gasteiger partial charge is 0.504 e. The van der Waals surface area contributed by atoms with E-state index in [1.54, 1.807) is 0 Å². The van der Waals surface area contributed by atoms with Crippen molar-refractivity contribution < 1.29 is 79.0 Å². The topological polar surface area (TPSA) is 267 Å². The number of phenolic OH excluding ortho intramolecular Hbond substituents is 8. The summed E-state index contributed by atoms with van der Waals surface area (Å²) in [6.45, 7) is 0. The van der Waals surface area contributed by atoms with Crippen LogP contribution in [0.1, 0.15) is 39.7 Å². The van der Waals surface area contributed by atoms with Crippen molar-refractivity contribution >= 4 is 30.0 Å². The number of carbonyl (C=O) groups excluding carboxylic acids is 4. The zero-order valence-electron chi connectivity index (χ0n) is 28.5. The third-order valence-corrected chi connectivity index (χ3v) is 8.73. The quantitative estimate of drug-likeness (QED) is 0.0622. The lowest BCUT2D eigenvalue weighted by Crippen LogP contribution is -2.37. The molecule has 4 aromatic carbocycles. The predicted molar refractivity (Wildman–Crippen MR) is 184 cm³/mol. The maximum atomic E-state index is 14.4. The van der Waals surface area contributed by atoms with Gasteiger partial charge in [0.2, 0.25) is 12.2 Å². The highest BCUT2D eigenvalue weighted by Gasteiger charge is 2.46. The summed E-state index contributed by atoms with van der Waals surface area (Å²) in [6.07, 6.45) is -2.91. The lowest BCUT2D eigenvalue weighted by atomic mass is 9.71. The van der Waals surface area contributed by atoms with E-state index in [1.165, 1.54) is 30.3 Å². The van der Waals surface area contributed by atoms with Crippen LogP contribution >= 0.6 is 0 Å². The van der Waals surface area contributed by atoms with Crippen molar-refractivity contribution in [3.05, 3.63) is 100 Å². The molecule has 0 aromatic heterocycles. The Kier molecular flexibility index (Phi) is 11.1. The van der Waals surface area contributed by atoms with Gasteiger partial charge in [-0.3, -0.25) is 4.79 Å². The van der Waals surface area contributed by atoms with Gasteiger partial charge in [0, 0.05) is 29.9 Å². The van der Waals surface area contributed by atoms with E-state index in [4.69, 9.17) is 18.9 Å². The molecule has 4 aromatic rings. The summed E-state index contributed by atoms with van der Waals surface area (Å²) in [5.74, 6) is -12.6. The zero-order chi connectivity index (χ0) is 39.4. The molecule has 0 unspecified atom stereocenters. The predicted octanol–water partition coefficient (Wildman–Crippen LogP) is 3.25. The van der Waals surface area contributed by atoms with Gasteiger partial charge in [0.25, 0.3) is 0 Å². The Labute approximate surface area is 305 Å². The normalized spacial score (nSPS) is 15.9. The van der Waals surface area contributed by atoms with Crippen LogP contribution in [0.15, 0.2) is 72.3 Å². The Morgan fingerprint density at radius 2 is 1.07 bits per heavy atom. The van der Waals surface area contributed by atoms with E-state index in [1.807, 2.05) is 0 Å². The van der Waals surface area contributed by atoms with Crippen molar-refractivity contribution in [2.45, 2.75) is 36.9 Å². The van der Waals surface area contributed by atoms with E-state index in [0.29, 0.717) is 0 Å². The van der Waals surface area contributed by atoms with Gasteiger partial charge in [-0.05, 0) is 70.8 Å². The molecule has 282 valence electrons. The van der Waals surface area contributed by atoms with Crippen molar-refractivity contribution in [2.75, 3.05) is 14.2 Å². The van der Waals surface area contributed by atoms with Crippen molar-refractivity contribution in [1.82, 2.24) is 0 Å². The van der Waals surface area contributed by atoms with E-state index >= 15 is 0 Å². The SMILES string of the molecule is COC(=O)[C@H](Cc1ccc(O)c(O)c1)OC(=O)C1=Cc2ccc(O)c(O)c2[C@@H](C(=O)O[C@H](Cc2ccc(O)c(O)c2)C(=O)OC)[C@H]1c1ccc(O)c(O)c1. The summed E-state index contributed by atoms with van der Waals surface area (Å²) in [6, 6.07) is 12.9. The van der Waals surface area contributed by atoms with Crippen LogP contribution < -0.4 is 0 Å². The fourth-order valence-corrected chi connectivity index (χ4v) is 6.05. The van der Waals surface area contributed by atoms with Crippen LogP contribution in [0.3, 0.4) is 0 Å². The minimum atomic E-state index is -1.81. The Hall–Kier alpha value is -7.10. The van der Waals surface area contributed by atoms with Gasteiger partial charge in [-0.2, -0.15) is 0 Å². The molecular weight excluding hydrogens is 712 g/mol. The summed E-state index contributed by atoms with van der Waals surface area (Å²) < 4.78 is 21.0. The molecular formula is C38H34O16. The van der Waals surface area contributed by atoms with E-state index in [-0.39, 0.29) is 46.2 Å². The lowest BCUT2D eigenvalue weighted by Gasteiger charge is -2.34. The van der Waals surface area contributed by atoms with Gasteiger partial charge in [-0.1, -0.05) is 24.3 Å². The average molecular weight is 747 g/mol. The molecule has 0 aliphatic heterocycles. The third kappa shape index (κ3) is 7.86. The number of aromatic hydroxyl groups is 8. The van der Waals surface area contributed by atoms with E-state index in [9.17, 15) is 60.0 Å². The number of hydrogen-bond donors (Lipinski definition) is 8. The monoisotopic (exact) mass is 746 g/mol. The maximum absolute atomic E-state index is 14.4. The molecule has 0 amide bonds. The van der Waals surface area contributed by atoms with Gasteiger partial charge in [0.05, 0.1) is 20.1 Å². The molecule has 0 saturated heterocycles. The summed E-state index contributed by atoms with van der Waals surface area (Å²) >= 11 is 0. The molecule has 16 heteroatoms. The van der Waals surface area contributed by atoms with Crippen LogP contribution in [-0.2, 0) is 51.0 Å². The highest BCUT2D eigenvalue weighted by atomic mass is 16.6. The van der Waals surface area contributed by atoms with Gasteiger partial charge >= 0.3 is 23.9 Å². The third-order valence-electron chi connectivity index (χ3n) is 8.73. The Morgan fingerprint density at radius 1 is 0.593 bits per heavy atom. The molecule has 16 nitrogen and oxygen atoms in total. The highest BCUT2D eigenvalue weighted by Crippen LogP contribution is 2.52. The number of ether oxygens (including phenoxy) is 4. The molecule has 0 bridgehead atoms. The summed E-state index contributed by atoms with van der Waals surface area (Å²) in [4.78, 5) is 54.4. The number of esters is 4. The van der Waals surface area contributed by atoms with Gasteiger partial charge < -0.3 is 59.8 Å². The minimum Gasteiger partial charge on any atom is -0.504 e. The van der Waals surface area contributed by atoms with Gasteiger partial charge in [-0.15, -0.1) is 0 Å². The van der Waals surface area contributed by atoms with Crippen molar-refractivity contribution in [2.24, 2.45) is 0 Å². The Balaban J connectivity index is 1.63. The van der Waals surface area contributed by atoms with Gasteiger partial charge in [0.15, 0.2) is 46.0 Å². The first-order valence-corrected chi connectivity index (χ1v) is 16.0. The Morgan fingerprint density at radius 3 is 1.57 bits per heavy atom. The minimum absolute atomic E-state index is 0.00500. The molecule has 1 aliphatic rings. The van der Waals surface area contributed by atoms with Crippen LogP contribution in [0.2, 0.25) is 0 Å². The second kappa shape index (κ2) is 15.6. The maximum Gasteiger partial charge on any atom is 0.347 e. The number of fused-ring (bicyclic) bond motifs is 1. The van der Waals surface area contributed by atoms with Crippen LogP contribution in [0.4, 0.5) is 0 Å². The molecule has 0 fully saturated rings. The number of benzene rings is 4. The summed E-state index contributed by atoms with van der Waals surface area (Å²) in [5.41, 5.74) is -0.217. The van der Waals surface area contributed by atoms with Crippen LogP contribution in [0.25, 0.3) is 6.08 Å². The smallest absolute Gasteiger partial charge is 0.347 e. The van der Waals surface area contributed by atoms with Gasteiger partial charge in [-0.25, -0.2) is 14.4 Å². The number of rotatable bonds is 11. The number of phenols is 8. The van der Waals surface area contributed by atoms with Gasteiger partial charge in [0.1, 0.15) is 0 Å². The highest BCUT2D eigenvalue weighted by molar-refractivity contribution is 6.01. The summed E-state index contributed by atoms with van der Waals surface area (Å²) in [7, 11) is 2.06. The summed E-state index contributed by atoms with van der Waals surface area (Å²) in [5, 5.41) is 81.7. The fourth-order valence-electron chi connectivity index (χ4n) is 6.05. The van der Waals surface area contributed by atoms with Crippen molar-refractivity contribution in [3.8, 4) is 46.0 Å². The number of methoxy groups -OCH3 is 2. The first-order chi connectivity index (χ1) is 25.6. The molecule has 4 atom stereocenters. The van der Waals surface area contributed by atoms with Crippen LogP contribution in [-0.4, -0.2) is 91.2 Å². The van der Waals surface area contributed by atoms with E-state index < -0.39 is 93.9 Å². The molecule has 8 N–H and O–H groups in total. The molecule has 0 heterocycles. The standard InChI is InChI=1S/C38H34O16/c1-51-36(48)29(13-17-3-7-22(39)26(43)11-17)53-35(47)21-15-19-6-10-25(42)34(46)32(19)33(31(21)20-5-9-24(41)28(45)16-20)38(50)54-30(37(49)52-2)14-18-4-8-23(40)27(44)12-18/h3-12,15-16,29-31,33,39-46H,13-14H2,1-2H3/t29-,30+,31-,33-/m0/s1. The molecule has 54 heavy (non-hydrogen) atoms. The Bertz CT molecular complexity index is 2160. The van der Waals surface area contributed by atoms with Crippen LogP contribution in [0, 0.1) is 0 Å². The van der Waals surface area contributed by atoms with E-state index in [0.717, 1.165) is 56.7 Å². The van der Waals surface area contributed by atoms with E-state index in [2.05, 4.69) is 0 Å². The first kappa shape index (κ1) is 38.1. The fraction of sp³-hybridized carbons (Fsp3) is 0.211. The molecule has 0 radical (unpaired) electrons. The zero-order valence-corrected chi connectivity index (χ0v) is 28.5. The van der Waals surface area contributed by atoms with Crippen molar-refractivity contribution in [3.63, 3.8) is 0 Å². The van der Waals surface area contributed by atoms with Crippen molar-refractivity contribution in [1.29, 1.82) is 0 Å². The molecule has 1 aliphatic carbocycles. The second-order valence-electron chi connectivity index (χ2n) is 12.2. The lowest BCUT2D eigenvalue weighted by molar-refractivity contribution is -0.167. The number of hydrogen-bond acceptors (Lipinski definition) is 16. The number of carbonyl (C=O) groups is 4. The first-order valence-electron chi connectivity index (χ1n) is 16.0.